The molecule has 0 bridgehead atoms. The van der Waals surface area contributed by atoms with Crippen molar-refractivity contribution >= 4 is 24.1 Å². The van der Waals surface area contributed by atoms with Crippen molar-refractivity contribution in [1.29, 1.82) is 0 Å². The van der Waals surface area contributed by atoms with Gasteiger partial charge in [-0.25, -0.2) is 4.39 Å². The second-order valence-corrected chi connectivity index (χ2v) is 6.16. The van der Waals surface area contributed by atoms with Crippen molar-refractivity contribution in [3.05, 3.63) is 35.6 Å². The van der Waals surface area contributed by atoms with Crippen LogP contribution in [-0.4, -0.2) is 23.8 Å². The van der Waals surface area contributed by atoms with Gasteiger partial charge in [-0.2, -0.15) is 0 Å². The first-order valence-corrected chi connectivity index (χ1v) is 7.80. The van der Waals surface area contributed by atoms with Crippen LogP contribution < -0.4 is 11.1 Å². The molecule has 3 N–H and O–H groups in total. The average molecular weight is 343 g/mol. The van der Waals surface area contributed by atoms with E-state index in [0.717, 1.165) is 25.7 Å². The number of rotatable bonds is 5. The van der Waals surface area contributed by atoms with Crippen LogP contribution in [0.1, 0.15) is 49.4 Å². The lowest BCUT2D eigenvalue weighted by Gasteiger charge is -2.27. The number of hydrogen-bond acceptors (Lipinski definition) is 3. The third-order valence-corrected chi connectivity index (χ3v) is 4.19. The molecule has 0 saturated heterocycles. The van der Waals surface area contributed by atoms with Crippen LogP contribution in [0.5, 0.6) is 0 Å². The molecule has 1 aromatic carbocycles. The van der Waals surface area contributed by atoms with Crippen LogP contribution in [0, 0.1) is 11.7 Å². The standard InChI is InChI=1S/C17H23FN2O2.ClH/c1-11(17(22)12-3-2-4-13(18)10-12)9-16(21)20-15-7-5-14(19)6-8-15;/h2-4,10-11,14-15H,5-9,19H2,1H3,(H,20,21);1H. The number of benzene rings is 1. The Morgan fingerprint density at radius 1 is 1.30 bits per heavy atom. The second-order valence-electron chi connectivity index (χ2n) is 6.16. The van der Waals surface area contributed by atoms with Crippen LogP contribution in [0.25, 0.3) is 0 Å². The summed E-state index contributed by atoms with van der Waals surface area (Å²) < 4.78 is 13.2. The first kappa shape index (κ1) is 19.6. The molecule has 6 heteroatoms. The summed E-state index contributed by atoms with van der Waals surface area (Å²) >= 11 is 0. The zero-order chi connectivity index (χ0) is 16.1. The molecule has 23 heavy (non-hydrogen) atoms. The zero-order valence-corrected chi connectivity index (χ0v) is 14.1. The lowest BCUT2D eigenvalue weighted by Crippen LogP contribution is -2.41. The van der Waals surface area contributed by atoms with Gasteiger partial charge in [0.25, 0.3) is 0 Å². The molecule has 1 aromatic rings. The molecule has 128 valence electrons. The first-order valence-electron chi connectivity index (χ1n) is 7.80. The Morgan fingerprint density at radius 3 is 2.57 bits per heavy atom. The molecule has 0 aromatic heterocycles. The van der Waals surface area contributed by atoms with E-state index in [1.54, 1.807) is 13.0 Å². The molecule has 1 amide bonds. The van der Waals surface area contributed by atoms with Gasteiger partial charge < -0.3 is 11.1 Å². The minimum absolute atomic E-state index is 0. The Balaban J connectivity index is 0.00000264. The highest BCUT2D eigenvalue weighted by Gasteiger charge is 2.23. The molecule has 1 unspecified atom stereocenters. The summed E-state index contributed by atoms with van der Waals surface area (Å²) in [5, 5.41) is 2.97. The Morgan fingerprint density at radius 2 is 1.96 bits per heavy atom. The zero-order valence-electron chi connectivity index (χ0n) is 13.3. The van der Waals surface area contributed by atoms with E-state index in [-0.39, 0.29) is 42.6 Å². The molecule has 0 radical (unpaired) electrons. The molecule has 4 nitrogen and oxygen atoms in total. The van der Waals surface area contributed by atoms with E-state index in [2.05, 4.69) is 5.32 Å². The van der Waals surface area contributed by atoms with E-state index in [0.29, 0.717) is 5.56 Å². The highest BCUT2D eigenvalue weighted by atomic mass is 35.5. The molecule has 0 aliphatic heterocycles. The fourth-order valence-corrected chi connectivity index (χ4v) is 2.85. The lowest BCUT2D eigenvalue weighted by atomic mass is 9.91. The van der Waals surface area contributed by atoms with Crippen LogP contribution in [-0.2, 0) is 4.79 Å². The van der Waals surface area contributed by atoms with Crippen LogP contribution in [0.3, 0.4) is 0 Å². The molecule has 1 aliphatic carbocycles. The fourth-order valence-electron chi connectivity index (χ4n) is 2.85. The van der Waals surface area contributed by atoms with Gasteiger partial charge in [-0.1, -0.05) is 19.1 Å². The number of ketones is 1. The van der Waals surface area contributed by atoms with Crippen molar-refractivity contribution in [2.24, 2.45) is 11.7 Å². The Labute approximate surface area is 142 Å². The minimum atomic E-state index is -0.465. The summed E-state index contributed by atoms with van der Waals surface area (Å²) in [5.74, 6) is -1.24. The van der Waals surface area contributed by atoms with Crippen LogP contribution in [0.2, 0.25) is 0 Å². The molecule has 1 saturated carbocycles. The van der Waals surface area contributed by atoms with Crippen molar-refractivity contribution in [1.82, 2.24) is 5.32 Å². The van der Waals surface area contributed by atoms with Crippen molar-refractivity contribution in [2.75, 3.05) is 0 Å². The maximum Gasteiger partial charge on any atom is 0.220 e. The highest BCUT2D eigenvalue weighted by Crippen LogP contribution is 2.18. The van der Waals surface area contributed by atoms with Gasteiger partial charge in [0.05, 0.1) is 0 Å². The van der Waals surface area contributed by atoms with Gasteiger partial charge in [0.2, 0.25) is 5.91 Å². The Bertz CT molecular complexity index is 545. The maximum atomic E-state index is 13.2. The second kappa shape index (κ2) is 8.99. The summed E-state index contributed by atoms with van der Waals surface area (Å²) in [6, 6.07) is 5.97. The summed E-state index contributed by atoms with van der Waals surface area (Å²) in [7, 11) is 0. The van der Waals surface area contributed by atoms with Gasteiger partial charge >= 0.3 is 0 Å². The van der Waals surface area contributed by atoms with Crippen LogP contribution in [0.15, 0.2) is 24.3 Å². The first-order chi connectivity index (χ1) is 10.5. The third-order valence-electron chi connectivity index (χ3n) is 4.19. The fraction of sp³-hybridized carbons (Fsp3) is 0.529. The van der Waals surface area contributed by atoms with E-state index >= 15 is 0 Å². The molecular formula is C17H24ClFN2O2. The molecule has 1 atom stereocenters. The molecule has 1 fully saturated rings. The highest BCUT2D eigenvalue weighted by molar-refractivity contribution is 5.99. The number of carbonyl (C=O) groups is 2. The number of halogens is 2. The Kier molecular flexibility index (Phi) is 7.65. The normalized spacial score (nSPS) is 21.9. The van der Waals surface area contributed by atoms with E-state index in [4.69, 9.17) is 5.73 Å². The SMILES string of the molecule is CC(CC(=O)NC1CCC(N)CC1)C(=O)c1cccc(F)c1.Cl. The molecule has 1 aliphatic rings. The number of carbonyl (C=O) groups excluding carboxylic acids is 2. The van der Waals surface area contributed by atoms with Crippen LogP contribution >= 0.6 is 12.4 Å². The number of hydrogen-bond donors (Lipinski definition) is 2. The van der Waals surface area contributed by atoms with Crippen LogP contribution in [0.4, 0.5) is 4.39 Å². The van der Waals surface area contributed by atoms with Gasteiger partial charge in [-0.3, -0.25) is 9.59 Å². The predicted octanol–water partition coefficient (Wildman–Crippen LogP) is 2.84. The van der Waals surface area contributed by atoms with Crippen molar-refractivity contribution in [2.45, 2.75) is 51.1 Å². The third kappa shape index (κ3) is 5.92. The van der Waals surface area contributed by atoms with Crippen molar-refractivity contribution in [3.8, 4) is 0 Å². The largest absolute Gasteiger partial charge is 0.353 e. The number of nitrogens with two attached hydrogens (primary N) is 1. The van der Waals surface area contributed by atoms with Crippen molar-refractivity contribution in [3.63, 3.8) is 0 Å². The Hall–Kier alpha value is -1.46. The monoisotopic (exact) mass is 342 g/mol. The summed E-state index contributed by atoms with van der Waals surface area (Å²) in [6.07, 6.45) is 3.74. The van der Waals surface area contributed by atoms with Gasteiger partial charge in [-0.15, -0.1) is 12.4 Å². The lowest BCUT2D eigenvalue weighted by molar-refractivity contribution is -0.122. The number of amides is 1. The van der Waals surface area contributed by atoms with E-state index in [9.17, 15) is 14.0 Å². The maximum absolute atomic E-state index is 13.2. The summed E-state index contributed by atoms with van der Waals surface area (Å²) in [5.41, 5.74) is 6.15. The van der Waals surface area contributed by atoms with Crippen molar-refractivity contribution < 1.29 is 14.0 Å². The van der Waals surface area contributed by atoms with Gasteiger partial charge in [0, 0.05) is 30.0 Å². The van der Waals surface area contributed by atoms with Gasteiger partial charge in [0.1, 0.15) is 5.82 Å². The van der Waals surface area contributed by atoms with E-state index in [1.807, 2.05) is 0 Å². The number of Topliss-reactive ketones (excluding diaryl/α,β-unsaturated/α-hetero) is 1. The quantitative estimate of drug-likeness (QED) is 0.808. The van der Waals surface area contributed by atoms with E-state index in [1.165, 1.54) is 18.2 Å². The molecule has 0 heterocycles. The molecular weight excluding hydrogens is 319 g/mol. The summed E-state index contributed by atoms with van der Waals surface area (Å²) in [4.78, 5) is 24.2. The smallest absolute Gasteiger partial charge is 0.220 e. The average Bonchev–Trinajstić information content (AvgIpc) is 2.48. The van der Waals surface area contributed by atoms with Gasteiger partial charge in [-0.05, 0) is 37.8 Å². The number of nitrogens with one attached hydrogen (secondary N) is 1. The topological polar surface area (TPSA) is 72.2 Å². The minimum Gasteiger partial charge on any atom is -0.353 e. The molecule has 0 spiro atoms. The predicted molar refractivity (Wildman–Crippen MR) is 90.1 cm³/mol. The molecule has 2 rings (SSSR count). The summed E-state index contributed by atoms with van der Waals surface area (Å²) in [6.45, 7) is 1.70. The van der Waals surface area contributed by atoms with E-state index < -0.39 is 11.7 Å². The van der Waals surface area contributed by atoms with Gasteiger partial charge in [0.15, 0.2) is 5.78 Å².